The zero-order valence-corrected chi connectivity index (χ0v) is 18.3. The largest absolute Gasteiger partial charge is 0.478 e. The minimum absolute atomic E-state index is 0.0536. The third-order valence-corrected chi connectivity index (χ3v) is 6.01. The molecular formula is C26H22ClNO4. The smallest absolute Gasteiger partial charge is 0.335 e. The second-order valence-corrected chi connectivity index (χ2v) is 8.52. The van der Waals surface area contributed by atoms with Gasteiger partial charge in [-0.3, -0.25) is 9.59 Å². The van der Waals surface area contributed by atoms with Crippen LogP contribution in [0, 0.1) is 6.92 Å². The van der Waals surface area contributed by atoms with Crippen LogP contribution in [0.1, 0.15) is 43.0 Å². The number of rotatable bonds is 5. The van der Waals surface area contributed by atoms with Gasteiger partial charge in [-0.2, -0.15) is 0 Å². The van der Waals surface area contributed by atoms with Crippen LogP contribution in [0.5, 0.6) is 0 Å². The Bertz CT molecular complexity index is 1190. The third-order valence-electron chi connectivity index (χ3n) is 5.77. The normalized spacial score (nSPS) is 15.9. The van der Waals surface area contributed by atoms with Crippen molar-refractivity contribution >= 4 is 29.3 Å². The predicted octanol–water partition coefficient (Wildman–Crippen LogP) is 4.73. The Morgan fingerprint density at radius 1 is 1.00 bits per heavy atom. The maximum absolute atomic E-state index is 13.6. The van der Waals surface area contributed by atoms with Gasteiger partial charge in [0, 0.05) is 23.6 Å². The van der Waals surface area contributed by atoms with Gasteiger partial charge in [-0.05, 0) is 60.4 Å². The monoisotopic (exact) mass is 447 g/mol. The van der Waals surface area contributed by atoms with Crippen LogP contribution in [0.15, 0.2) is 66.7 Å². The lowest BCUT2D eigenvalue weighted by atomic mass is 9.97. The summed E-state index contributed by atoms with van der Waals surface area (Å²) in [5.74, 6) is -1.30. The molecule has 1 N–H and O–H groups in total. The molecule has 1 aliphatic heterocycles. The number of carboxylic acid groups (broad SMARTS) is 1. The Kier molecular flexibility index (Phi) is 6.10. The highest BCUT2D eigenvalue weighted by atomic mass is 35.5. The zero-order valence-electron chi connectivity index (χ0n) is 17.5. The summed E-state index contributed by atoms with van der Waals surface area (Å²) in [6.07, 6.45) is 0.534. The molecule has 0 unspecified atom stereocenters. The summed E-state index contributed by atoms with van der Waals surface area (Å²) in [5.41, 5.74) is 4.11. The minimum atomic E-state index is -1.01. The summed E-state index contributed by atoms with van der Waals surface area (Å²) in [4.78, 5) is 39.7. The molecule has 3 aromatic rings. The molecule has 0 radical (unpaired) electrons. The maximum atomic E-state index is 13.6. The van der Waals surface area contributed by atoms with Crippen LogP contribution in [0.2, 0.25) is 5.02 Å². The number of carbonyl (C=O) groups is 3. The van der Waals surface area contributed by atoms with E-state index in [9.17, 15) is 14.4 Å². The van der Waals surface area contributed by atoms with Gasteiger partial charge in [0.15, 0.2) is 5.78 Å². The fourth-order valence-corrected chi connectivity index (χ4v) is 4.19. The van der Waals surface area contributed by atoms with Gasteiger partial charge < -0.3 is 10.0 Å². The molecule has 0 saturated carbocycles. The number of nitrogens with zero attached hydrogens (tertiary/aromatic N) is 1. The number of Topliss-reactive ketones (excluding diaryl/α,β-unsaturated/α-hetero) is 1. The van der Waals surface area contributed by atoms with Crippen LogP contribution >= 0.6 is 11.6 Å². The zero-order chi connectivity index (χ0) is 22.8. The number of carboxylic acids is 1. The molecule has 1 amide bonds. The Hall–Kier alpha value is -3.44. The van der Waals surface area contributed by atoms with E-state index in [1.165, 1.54) is 12.1 Å². The van der Waals surface area contributed by atoms with Gasteiger partial charge in [0.2, 0.25) is 0 Å². The van der Waals surface area contributed by atoms with E-state index in [1.807, 2.05) is 31.2 Å². The fourth-order valence-electron chi connectivity index (χ4n) is 4.00. The summed E-state index contributed by atoms with van der Waals surface area (Å²) < 4.78 is 0. The molecule has 0 fully saturated rings. The van der Waals surface area contributed by atoms with Crippen LogP contribution in [0.3, 0.4) is 0 Å². The van der Waals surface area contributed by atoms with Gasteiger partial charge in [-0.25, -0.2) is 4.79 Å². The number of amides is 1. The lowest BCUT2D eigenvalue weighted by Crippen LogP contribution is -2.44. The number of aryl methyl sites for hydroxylation is 1. The van der Waals surface area contributed by atoms with Gasteiger partial charge >= 0.3 is 5.97 Å². The van der Waals surface area contributed by atoms with Crippen molar-refractivity contribution in [1.82, 2.24) is 4.90 Å². The van der Waals surface area contributed by atoms with E-state index in [1.54, 1.807) is 35.2 Å². The summed E-state index contributed by atoms with van der Waals surface area (Å²) in [7, 11) is 0. The minimum Gasteiger partial charge on any atom is -0.478 e. The number of hydrogen-bond acceptors (Lipinski definition) is 3. The predicted molar refractivity (Wildman–Crippen MR) is 122 cm³/mol. The maximum Gasteiger partial charge on any atom is 0.335 e. The molecule has 0 spiro atoms. The molecule has 6 heteroatoms. The average Bonchev–Trinajstić information content (AvgIpc) is 2.85. The van der Waals surface area contributed by atoms with Crippen LogP contribution in [0.4, 0.5) is 0 Å². The van der Waals surface area contributed by atoms with Gasteiger partial charge in [-0.15, -0.1) is 0 Å². The van der Waals surface area contributed by atoms with Gasteiger partial charge in [0.05, 0.1) is 11.6 Å². The van der Waals surface area contributed by atoms with Crippen molar-refractivity contribution in [3.63, 3.8) is 0 Å². The molecule has 5 nitrogen and oxygen atoms in total. The number of hydrogen-bond donors (Lipinski definition) is 1. The van der Waals surface area contributed by atoms with Crippen molar-refractivity contribution < 1.29 is 19.5 Å². The molecule has 0 saturated heterocycles. The summed E-state index contributed by atoms with van der Waals surface area (Å²) in [5, 5.41) is 9.63. The van der Waals surface area contributed by atoms with Gasteiger partial charge in [0.1, 0.15) is 0 Å². The van der Waals surface area contributed by atoms with E-state index in [2.05, 4.69) is 0 Å². The highest BCUT2D eigenvalue weighted by Gasteiger charge is 2.35. The van der Waals surface area contributed by atoms with E-state index in [-0.39, 0.29) is 30.2 Å². The van der Waals surface area contributed by atoms with E-state index in [0.29, 0.717) is 22.6 Å². The molecule has 162 valence electrons. The average molecular weight is 448 g/mol. The molecule has 1 aliphatic rings. The SMILES string of the molecule is Cc1ccc(C[C@@H]2C(=O)Cc3cc(Cl)ccc3C(=O)N2Cc2ccc(C(=O)O)cc2)cc1. The van der Waals surface area contributed by atoms with Crippen LogP contribution in [0.25, 0.3) is 0 Å². The summed E-state index contributed by atoms with van der Waals surface area (Å²) in [6.45, 7) is 2.20. The lowest BCUT2D eigenvalue weighted by molar-refractivity contribution is -0.122. The van der Waals surface area contributed by atoms with Crippen LogP contribution < -0.4 is 0 Å². The quantitative estimate of drug-likeness (QED) is 0.613. The Balaban J connectivity index is 1.72. The van der Waals surface area contributed by atoms with Crippen molar-refractivity contribution in [3.8, 4) is 0 Å². The molecule has 4 rings (SSSR count). The summed E-state index contributed by atoms with van der Waals surface area (Å²) >= 11 is 6.13. The molecule has 0 aliphatic carbocycles. The fraction of sp³-hybridized carbons (Fsp3) is 0.192. The van der Waals surface area contributed by atoms with Gasteiger partial charge in [-0.1, -0.05) is 53.6 Å². The van der Waals surface area contributed by atoms with E-state index < -0.39 is 12.0 Å². The second-order valence-electron chi connectivity index (χ2n) is 8.09. The van der Waals surface area contributed by atoms with Crippen LogP contribution in [-0.4, -0.2) is 33.7 Å². The number of halogens is 1. The van der Waals surface area contributed by atoms with Crippen LogP contribution in [-0.2, 0) is 24.2 Å². The number of benzene rings is 3. The molecule has 32 heavy (non-hydrogen) atoms. The Labute approximate surface area is 191 Å². The highest BCUT2D eigenvalue weighted by Crippen LogP contribution is 2.27. The first kappa shape index (κ1) is 21.8. The molecule has 1 atom stereocenters. The molecular weight excluding hydrogens is 426 g/mol. The van der Waals surface area contributed by atoms with Crippen molar-refractivity contribution in [2.24, 2.45) is 0 Å². The topological polar surface area (TPSA) is 74.7 Å². The number of aromatic carboxylic acids is 1. The Morgan fingerprint density at radius 2 is 1.66 bits per heavy atom. The van der Waals surface area contributed by atoms with E-state index >= 15 is 0 Å². The highest BCUT2D eigenvalue weighted by molar-refractivity contribution is 6.30. The number of ketones is 1. The molecule has 3 aromatic carbocycles. The standard InChI is InChI=1S/C26H22ClNO4/c1-16-2-4-17(5-3-16)12-23-24(29)14-20-13-21(27)10-11-22(20)25(30)28(23)15-18-6-8-19(9-7-18)26(31)32/h2-11,13,23H,12,14-15H2,1H3,(H,31,32)/t23-/m1/s1. The lowest BCUT2D eigenvalue weighted by Gasteiger charge is -2.29. The molecule has 0 aromatic heterocycles. The number of fused-ring (bicyclic) bond motifs is 1. The van der Waals surface area contributed by atoms with Gasteiger partial charge in [0.25, 0.3) is 5.91 Å². The molecule has 0 bridgehead atoms. The third kappa shape index (κ3) is 4.58. The van der Waals surface area contributed by atoms with Crippen molar-refractivity contribution in [2.75, 3.05) is 0 Å². The number of carbonyl (C=O) groups excluding carboxylic acids is 2. The van der Waals surface area contributed by atoms with E-state index in [4.69, 9.17) is 16.7 Å². The van der Waals surface area contributed by atoms with Crippen molar-refractivity contribution in [3.05, 3.63) is 105 Å². The first-order valence-corrected chi connectivity index (χ1v) is 10.7. The Morgan fingerprint density at radius 3 is 2.31 bits per heavy atom. The summed E-state index contributed by atoms with van der Waals surface area (Å²) in [6, 6.07) is 18.7. The first-order chi connectivity index (χ1) is 15.3. The van der Waals surface area contributed by atoms with Crippen molar-refractivity contribution in [1.29, 1.82) is 0 Å². The van der Waals surface area contributed by atoms with Crippen molar-refractivity contribution in [2.45, 2.75) is 32.4 Å². The first-order valence-electron chi connectivity index (χ1n) is 10.3. The second kappa shape index (κ2) is 8.97. The van der Waals surface area contributed by atoms with E-state index in [0.717, 1.165) is 16.7 Å². The molecule has 1 heterocycles.